The molecule has 0 aliphatic carbocycles. The van der Waals surface area contributed by atoms with Gasteiger partial charge in [-0.2, -0.15) is 4.98 Å². The third-order valence-electron chi connectivity index (χ3n) is 4.52. The summed E-state index contributed by atoms with van der Waals surface area (Å²) in [4.78, 5) is 12.5. The molecule has 0 atom stereocenters. The van der Waals surface area contributed by atoms with E-state index in [0.717, 1.165) is 32.7 Å². The molecule has 0 radical (unpaired) electrons. The van der Waals surface area contributed by atoms with E-state index < -0.39 is 9.84 Å². The maximum Gasteiger partial charge on any atom is 0.227 e. The average molecular weight is 424 g/mol. The molecule has 0 amide bonds. The Morgan fingerprint density at radius 2 is 2.00 bits per heavy atom. The SMILES string of the molecule is C=CCN1CCN(c2ncc(S(=O)(=O)c3cc(Cl)ccc3OC)c(N)n2)CC1. The Balaban J connectivity index is 1.89. The molecule has 28 heavy (non-hydrogen) atoms. The summed E-state index contributed by atoms with van der Waals surface area (Å²) >= 11 is 5.97. The summed E-state index contributed by atoms with van der Waals surface area (Å²) in [6.45, 7) is 7.71. The summed E-state index contributed by atoms with van der Waals surface area (Å²) in [5, 5.41) is 0.271. The van der Waals surface area contributed by atoms with Crippen molar-refractivity contribution in [2.75, 3.05) is 50.5 Å². The van der Waals surface area contributed by atoms with Crippen LogP contribution in [0.1, 0.15) is 0 Å². The van der Waals surface area contributed by atoms with Crippen molar-refractivity contribution in [3.63, 3.8) is 0 Å². The summed E-state index contributed by atoms with van der Waals surface area (Å²) in [6.07, 6.45) is 3.11. The molecule has 1 aliphatic rings. The molecule has 2 heterocycles. The molecule has 150 valence electrons. The molecule has 10 heteroatoms. The van der Waals surface area contributed by atoms with Crippen LogP contribution in [-0.2, 0) is 9.84 Å². The topological polar surface area (TPSA) is 102 Å². The van der Waals surface area contributed by atoms with Crippen LogP contribution in [0.4, 0.5) is 11.8 Å². The lowest BCUT2D eigenvalue weighted by atomic mass is 10.3. The number of ether oxygens (including phenoxy) is 1. The highest BCUT2D eigenvalue weighted by atomic mass is 35.5. The van der Waals surface area contributed by atoms with E-state index in [-0.39, 0.29) is 26.4 Å². The molecule has 3 rings (SSSR count). The van der Waals surface area contributed by atoms with Crippen LogP contribution in [0.5, 0.6) is 5.75 Å². The van der Waals surface area contributed by atoms with Crippen molar-refractivity contribution in [1.29, 1.82) is 0 Å². The van der Waals surface area contributed by atoms with Gasteiger partial charge in [0.1, 0.15) is 21.4 Å². The zero-order valence-electron chi connectivity index (χ0n) is 15.5. The number of nitrogen functional groups attached to an aromatic ring is 1. The van der Waals surface area contributed by atoms with E-state index in [2.05, 4.69) is 21.4 Å². The van der Waals surface area contributed by atoms with Crippen LogP contribution in [0.25, 0.3) is 0 Å². The molecule has 0 bridgehead atoms. The summed E-state index contributed by atoms with van der Waals surface area (Å²) in [5.41, 5.74) is 6.00. The molecule has 2 N–H and O–H groups in total. The second-order valence-electron chi connectivity index (χ2n) is 6.29. The molecule has 2 aromatic rings. The molecule has 1 fully saturated rings. The minimum Gasteiger partial charge on any atom is -0.495 e. The number of sulfone groups is 1. The number of rotatable bonds is 6. The molecule has 0 saturated carbocycles. The van der Waals surface area contributed by atoms with Gasteiger partial charge in [0.15, 0.2) is 0 Å². The fraction of sp³-hybridized carbons (Fsp3) is 0.333. The van der Waals surface area contributed by atoms with Crippen molar-refractivity contribution in [2.24, 2.45) is 0 Å². The number of benzene rings is 1. The Kier molecular flexibility index (Phi) is 6.07. The van der Waals surface area contributed by atoms with E-state index >= 15 is 0 Å². The molecule has 1 saturated heterocycles. The minimum atomic E-state index is -4.00. The second-order valence-corrected chi connectivity index (χ2v) is 8.62. The lowest BCUT2D eigenvalue weighted by Gasteiger charge is -2.34. The molecule has 1 aromatic heterocycles. The maximum absolute atomic E-state index is 13.1. The highest BCUT2D eigenvalue weighted by Gasteiger charge is 2.27. The number of halogens is 1. The minimum absolute atomic E-state index is 0.0800. The third kappa shape index (κ3) is 4.06. The molecule has 0 spiro atoms. The van der Waals surface area contributed by atoms with Crippen LogP contribution in [-0.4, -0.2) is 63.1 Å². The van der Waals surface area contributed by atoms with Gasteiger partial charge in [0.25, 0.3) is 0 Å². The monoisotopic (exact) mass is 423 g/mol. The van der Waals surface area contributed by atoms with Gasteiger partial charge in [0, 0.05) is 37.7 Å². The predicted octanol–water partition coefficient (Wildman–Crippen LogP) is 1.86. The lowest BCUT2D eigenvalue weighted by Crippen LogP contribution is -2.47. The number of nitrogens with zero attached hydrogens (tertiary/aromatic N) is 4. The number of piperazine rings is 1. The van der Waals surface area contributed by atoms with Gasteiger partial charge >= 0.3 is 0 Å². The van der Waals surface area contributed by atoms with Crippen molar-refractivity contribution in [1.82, 2.24) is 14.9 Å². The normalized spacial score (nSPS) is 15.4. The van der Waals surface area contributed by atoms with Gasteiger partial charge in [0.05, 0.1) is 13.3 Å². The summed E-state index contributed by atoms with van der Waals surface area (Å²) in [7, 11) is -2.61. The fourth-order valence-corrected chi connectivity index (χ4v) is 4.71. The van der Waals surface area contributed by atoms with E-state index in [0.29, 0.717) is 5.95 Å². The zero-order chi connectivity index (χ0) is 20.3. The summed E-state index contributed by atoms with van der Waals surface area (Å²) < 4.78 is 31.3. The first-order valence-corrected chi connectivity index (χ1v) is 10.5. The van der Waals surface area contributed by atoms with Crippen LogP contribution in [0.2, 0.25) is 5.02 Å². The lowest BCUT2D eigenvalue weighted by molar-refractivity contribution is 0.283. The highest BCUT2D eigenvalue weighted by molar-refractivity contribution is 7.91. The van der Waals surface area contributed by atoms with Crippen molar-refractivity contribution >= 4 is 33.2 Å². The number of hydrogen-bond acceptors (Lipinski definition) is 8. The molecule has 8 nitrogen and oxygen atoms in total. The second kappa shape index (κ2) is 8.34. The number of anilines is 2. The zero-order valence-corrected chi connectivity index (χ0v) is 17.1. The summed E-state index contributed by atoms with van der Waals surface area (Å²) in [5.74, 6) is 0.472. The van der Waals surface area contributed by atoms with Crippen molar-refractivity contribution in [3.8, 4) is 5.75 Å². The van der Waals surface area contributed by atoms with E-state index in [1.807, 2.05) is 11.0 Å². The predicted molar refractivity (Wildman–Crippen MR) is 109 cm³/mol. The van der Waals surface area contributed by atoms with Gasteiger partial charge in [-0.15, -0.1) is 6.58 Å². The quantitative estimate of drug-likeness (QED) is 0.702. The van der Waals surface area contributed by atoms with Crippen LogP contribution in [0.3, 0.4) is 0 Å². The van der Waals surface area contributed by atoms with Crippen molar-refractivity contribution in [3.05, 3.63) is 42.1 Å². The Morgan fingerprint density at radius 3 is 2.61 bits per heavy atom. The maximum atomic E-state index is 13.1. The Morgan fingerprint density at radius 1 is 1.29 bits per heavy atom. The smallest absolute Gasteiger partial charge is 0.227 e. The average Bonchev–Trinajstić information content (AvgIpc) is 2.68. The van der Waals surface area contributed by atoms with Crippen LogP contribution in [0, 0.1) is 0 Å². The van der Waals surface area contributed by atoms with Crippen molar-refractivity contribution < 1.29 is 13.2 Å². The molecule has 1 aliphatic heterocycles. The van der Waals surface area contributed by atoms with Gasteiger partial charge in [0.2, 0.25) is 15.8 Å². The number of methoxy groups -OCH3 is 1. The summed E-state index contributed by atoms with van der Waals surface area (Å²) in [6, 6.07) is 4.36. The number of hydrogen-bond donors (Lipinski definition) is 1. The number of nitrogens with two attached hydrogens (primary N) is 1. The first kappa shape index (κ1) is 20.4. The van der Waals surface area contributed by atoms with Gasteiger partial charge in [-0.1, -0.05) is 17.7 Å². The Bertz CT molecular complexity index is 975. The molecule has 0 unspecified atom stereocenters. The van der Waals surface area contributed by atoms with Gasteiger partial charge in [-0.25, -0.2) is 13.4 Å². The van der Waals surface area contributed by atoms with E-state index in [1.54, 1.807) is 6.07 Å². The van der Waals surface area contributed by atoms with Crippen molar-refractivity contribution in [2.45, 2.75) is 9.79 Å². The van der Waals surface area contributed by atoms with Crippen LogP contribution in [0.15, 0.2) is 46.8 Å². The Labute approximate surface area is 169 Å². The van der Waals surface area contributed by atoms with Crippen LogP contribution < -0.4 is 15.4 Å². The van der Waals surface area contributed by atoms with E-state index in [9.17, 15) is 8.42 Å². The standard InChI is InChI=1S/C18H22ClN5O3S/c1-3-6-23-7-9-24(10-8-23)18-21-12-16(17(20)22-18)28(25,26)15-11-13(19)4-5-14(15)27-2/h3-5,11-12H,1,6-10H2,2H3,(H2,20,21,22). The largest absolute Gasteiger partial charge is 0.495 e. The highest BCUT2D eigenvalue weighted by Crippen LogP contribution is 2.33. The first-order chi connectivity index (χ1) is 13.4. The third-order valence-corrected chi connectivity index (χ3v) is 6.54. The molecular weight excluding hydrogens is 402 g/mol. The van der Waals surface area contributed by atoms with E-state index in [4.69, 9.17) is 22.1 Å². The number of aromatic nitrogens is 2. The van der Waals surface area contributed by atoms with Gasteiger partial charge in [-0.05, 0) is 18.2 Å². The van der Waals surface area contributed by atoms with Gasteiger partial charge in [-0.3, -0.25) is 4.90 Å². The molecular formula is C18H22ClN5O3S. The first-order valence-electron chi connectivity index (χ1n) is 8.66. The Hall–Kier alpha value is -2.36. The van der Waals surface area contributed by atoms with Crippen LogP contribution >= 0.6 is 11.6 Å². The molecule has 1 aromatic carbocycles. The fourth-order valence-electron chi connectivity index (χ4n) is 3.03. The van der Waals surface area contributed by atoms with E-state index in [1.165, 1.54) is 25.4 Å². The van der Waals surface area contributed by atoms with Gasteiger partial charge < -0.3 is 15.4 Å².